The number of hydrogen-bond donors (Lipinski definition) is 2. The Morgan fingerprint density at radius 2 is 0.772 bits per heavy atom. The van der Waals surface area contributed by atoms with Crippen LogP contribution in [0.2, 0.25) is 0 Å². The van der Waals surface area contributed by atoms with Gasteiger partial charge in [0, 0.05) is 6.42 Å². The molecule has 0 heterocycles. The van der Waals surface area contributed by atoms with Gasteiger partial charge in [0.1, 0.15) is 13.2 Å². The van der Waals surface area contributed by atoms with Crippen LogP contribution in [0.25, 0.3) is 0 Å². The van der Waals surface area contributed by atoms with Gasteiger partial charge in [0.2, 0.25) is 5.91 Å². The fraction of sp³-hybridized carbons (Fsp3) is 0.729. The molecule has 0 aromatic carbocycles. The van der Waals surface area contributed by atoms with Crippen molar-refractivity contribution in [1.29, 1.82) is 0 Å². The quantitative estimate of drug-likeness (QED) is 0.0272. The Kier molecular flexibility index (Phi) is 57.6. The zero-order valence-electron chi connectivity index (χ0n) is 52.0. The molecule has 1 amide bonds. The van der Waals surface area contributed by atoms with Crippen LogP contribution in [0.5, 0.6) is 0 Å². The molecule has 0 bridgehead atoms. The average molecular weight is 1120 g/mol. The minimum absolute atomic E-state index is 0.000226. The van der Waals surface area contributed by atoms with Crippen LogP contribution >= 0.6 is 7.82 Å². The fourth-order valence-corrected chi connectivity index (χ4v) is 9.93. The van der Waals surface area contributed by atoms with Crippen molar-refractivity contribution in [3.8, 4) is 0 Å². The maximum Gasteiger partial charge on any atom is 0.268 e. The predicted octanol–water partition coefficient (Wildman–Crippen LogP) is 20.1. The lowest BCUT2D eigenvalue weighted by molar-refractivity contribution is -0.870. The molecule has 79 heavy (non-hydrogen) atoms. The fourth-order valence-electron chi connectivity index (χ4n) is 9.21. The Labute approximate surface area is 489 Å². The number of aliphatic hydroxyl groups is 1. The van der Waals surface area contributed by atoms with Crippen molar-refractivity contribution in [2.45, 2.75) is 289 Å². The number of phosphoric acid groups is 1. The van der Waals surface area contributed by atoms with E-state index in [0.717, 1.165) is 103 Å². The normalized spacial score (nSPS) is 14.5. The Morgan fingerprint density at radius 1 is 0.456 bits per heavy atom. The molecule has 0 saturated carbocycles. The molecule has 0 aliphatic heterocycles. The van der Waals surface area contributed by atoms with E-state index in [-0.39, 0.29) is 19.1 Å². The van der Waals surface area contributed by atoms with Crippen molar-refractivity contribution in [2.75, 3.05) is 40.9 Å². The standard InChI is InChI=1S/C70H125N2O6P/c1-6-8-10-12-14-16-18-20-22-24-26-28-30-32-34-35-36-37-38-40-42-44-46-48-50-52-54-56-58-60-62-64-70(74)71-68(67-78-79(75,76)77-66-65-72(3,4)5)69(73)63-61-59-57-55-53-51-49-47-45-43-41-39-33-31-29-27-25-23-21-19-17-15-13-11-9-7-2/h8,10,14,16,20,22,26,28,32,34,36-37,40,42,46,48,52,54,68-69,73H,6-7,9,11-13,15,17-19,21,23-25,27,29-31,33,35,38-39,41,43-45,47,49-51,53,55-67H2,1-5H3,(H-,71,74,75,76)/b10-8-,16-14-,22-20-,28-26-,34-32-,37-36-,42-40-,48-46-,54-52-. The second-order valence-corrected chi connectivity index (χ2v) is 24.5. The van der Waals surface area contributed by atoms with E-state index in [1.54, 1.807) is 0 Å². The Balaban J connectivity index is 4.22. The van der Waals surface area contributed by atoms with Crippen LogP contribution < -0.4 is 10.2 Å². The SMILES string of the molecule is CC/C=C\C/C=C\C/C=C\C/C=C\C/C=C\C/C=C\C/C=C\C/C=C\C/C=C\CCCCCC(=O)NC(COP(=O)([O-])OCC[N+](C)(C)C)C(O)CCCCCCCCCCCCCCCCCCCCCCCCCCCC. The molecule has 0 radical (unpaired) electrons. The number of quaternary nitrogens is 1. The average Bonchev–Trinajstić information content (AvgIpc) is 3.42. The number of aliphatic hydroxyl groups excluding tert-OH is 1. The first-order valence-electron chi connectivity index (χ1n) is 32.7. The number of carbonyl (C=O) groups excluding carboxylic acids is 1. The summed E-state index contributed by atoms with van der Waals surface area (Å²) in [5.74, 6) is -0.198. The van der Waals surface area contributed by atoms with Crippen molar-refractivity contribution in [3.63, 3.8) is 0 Å². The number of hydrogen-bond acceptors (Lipinski definition) is 6. The molecule has 0 spiro atoms. The highest BCUT2D eigenvalue weighted by Crippen LogP contribution is 2.38. The minimum Gasteiger partial charge on any atom is -0.756 e. The number of nitrogens with one attached hydrogen (secondary N) is 1. The summed E-state index contributed by atoms with van der Waals surface area (Å²) in [6.45, 7) is 4.60. The lowest BCUT2D eigenvalue weighted by Gasteiger charge is -2.30. The second-order valence-electron chi connectivity index (χ2n) is 23.1. The van der Waals surface area contributed by atoms with Gasteiger partial charge in [0.25, 0.3) is 7.82 Å². The van der Waals surface area contributed by atoms with E-state index >= 15 is 0 Å². The van der Waals surface area contributed by atoms with Gasteiger partial charge >= 0.3 is 0 Å². The third-order valence-electron chi connectivity index (χ3n) is 14.3. The van der Waals surface area contributed by atoms with Gasteiger partial charge in [-0.1, -0.05) is 297 Å². The monoisotopic (exact) mass is 1120 g/mol. The number of rotatable bonds is 59. The van der Waals surface area contributed by atoms with Crippen molar-refractivity contribution >= 4 is 13.7 Å². The molecule has 0 aromatic rings. The first kappa shape index (κ1) is 76.2. The smallest absolute Gasteiger partial charge is 0.268 e. The van der Waals surface area contributed by atoms with Gasteiger partial charge in [-0.3, -0.25) is 9.36 Å². The minimum atomic E-state index is -4.60. The third kappa shape index (κ3) is 62.6. The molecule has 0 aliphatic rings. The predicted molar refractivity (Wildman–Crippen MR) is 343 cm³/mol. The summed E-state index contributed by atoms with van der Waals surface area (Å²) < 4.78 is 23.5. The van der Waals surface area contributed by atoms with Crippen LogP contribution in [0.1, 0.15) is 277 Å². The lowest BCUT2D eigenvalue weighted by Crippen LogP contribution is -2.46. The highest BCUT2D eigenvalue weighted by Gasteiger charge is 2.24. The summed E-state index contributed by atoms with van der Waals surface area (Å²) in [6.07, 6.45) is 87.2. The molecular formula is C70H125N2O6P. The van der Waals surface area contributed by atoms with Crippen molar-refractivity contribution in [3.05, 3.63) is 109 Å². The van der Waals surface area contributed by atoms with E-state index in [2.05, 4.69) is 129 Å². The van der Waals surface area contributed by atoms with Gasteiger partial charge in [-0.15, -0.1) is 0 Å². The van der Waals surface area contributed by atoms with Crippen LogP contribution in [0.15, 0.2) is 109 Å². The van der Waals surface area contributed by atoms with Gasteiger partial charge in [-0.2, -0.15) is 0 Å². The molecule has 2 N–H and O–H groups in total. The van der Waals surface area contributed by atoms with Gasteiger partial charge in [0.05, 0.1) is 39.9 Å². The molecule has 3 atom stereocenters. The van der Waals surface area contributed by atoms with E-state index in [9.17, 15) is 19.4 Å². The highest BCUT2D eigenvalue weighted by atomic mass is 31.2. The second kappa shape index (κ2) is 59.8. The number of amides is 1. The van der Waals surface area contributed by atoms with Gasteiger partial charge < -0.3 is 28.8 Å². The van der Waals surface area contributed by atoms with Gasteiger partial charge in [0.15, 0.2) is 0 Å². The van der Waals surface area contributed by atoms with E-state index in [4.69, 9.17) is 9.05 Å². The summed E-state index contributed by atoms with van der Waals surface area (Å²) in [7, 11) is 1.27. The van der Waals surface area contributed by atoms with E-state index < -0.39 is 20.0 Å². The van der Waals surface area contributed by atoms with Gasteiger partial charge in [-0.25, -0.2) is 0 Å². The Hall–Kier alpha value is -2.84. The molecule has 0 aliphatic carbocycles. The zero-order valence-corrected chi connectivity index (χ0v) is 52.9. The zero-order chi connectivity index (χ0) is 57.7. The summed E-state index contributed by atoms with van der Waals surface area (Å²) >= 11 is 0. The molecule has 8 nitrogen and oxygen atoms in total. The molecule has 3 unspecified atom stereocenters. The topological polar surface area (TPSA) is 108 Å². The van der Waals surface area contributed by atoms with Crippen LogP contribution in [0, 0.1) is 0 Å². The van der Waals surface area contributed by atoms with Crippen LogP contribution in [0.3, 0.4) is 0 Å². The number of nitrogens with zero attached hydrogens (tertiary/aromatic N) is 1. The van der Waals surface area contributed by atoms with Crippen molar-refractivity contribution < 1.29 is 32.9 Å². The van der Waals surface area contributed by atoms with Crippen molar-refractivity contribution in [2.24, 2.45) is 0 Å². The molecule has 456 valence electrons. The summed E-state index contributed by atoms with van der Waals surface area (Å²) in [5, 5.41) is 14.1. The molecule has 9 heteroatoms. The van der Waals surface area contributed by atoms with E-state index in [0.29, 0.717) is 23.9 Å². The van der Waals surface area contributed by atoms with Crippen LogP contribution in [0.4, 0.5) is 0 Å². The summed E-state index contributed by atoms with van der Waals surface area (Å²) in [5.41, 5.74) is 0. The third-order valence-corrected chi connectivity index (χ3v) is 15.2. The van der Waals surface area contributed by atoms with Crippen molar-refractivity contribution in [1.82, 2.24) is 5.32 Å². The molecule has 0 saturated heterocycles. The van der Waals surface area contributed by atoms with E-state index in [1.165, 1.54) is 148 Å². The lowest BCUT2D eigenvalue weighted by atomic mass is 10.0. The molecular weight excluding hydrogens is 996 g/mol. The van der Waals surface area contributed by atoms with E-state index in [1.807, 2.05) is 21.1 Å². The first-order valence-corrected chi connectivity index (χ1v) is 34.2. The molecule has 0 rings (SSSR count). The Morgan fingerprint density at radius 3 is 1.11 bits per heavy atom. The summed E-state index contributed by atoms with van der Waals surface area (Å²) in [6, 6.07) is -0.829. The highest BCUT2D eigenvalue weighted by molar-refractivity contribution is 7.45. The first-order chi connectivity index (χ1) is 38.5. The molecule has 0 fully saturated rings. The summed E-state index contributed by atoms with van der Waals surface area (Å²) in [4.78, 5) is 25.6. The number of allylic oxidation sites excluding steroid dienone is 18. The maximum absolute atomic E-state index is 13.0. The number of carbonyl (C=O) groups is 1. The molecule has 0 aromatic heterocycles. The number of phosphoric ester groups is 1. The number of unbranched alkanes of at least 4 members (excludes halogenated alkanes) is 28. The van der Waals surface area contributed by atoms with Crippen LogP contribution in [-0.4, -0.2) is 68.5 Å². The number of likely N-dealkylation sites (N-methyl/N-ethyl adjacent to an activating group) is 1. The van der Waals surface area contributed by atoms with Gasteiger partial charge in [-0.05, 0) is 83.5 Å². The largest absolute Gasteiger partial charge is 0.756 e. The maximum atomic E-state index is 13.0. The van der Waals surface area contributed by atoms with Crippen LogP contribution in [-0.2, 0) is 18.4 Å². The Bertz CT molecular complexity index is 1650.